The average molecular weight is 541 g/mol. The number of amides is 1. The number of carboxylic acids is 1. The molecule has 0 aliphatic carbocycles. The van der Waals surface area contributed by atoms with Crippen LogP contribution in [0.25, 0.3) is 0 Å². The molecule has 0 radical (unpaired) electrons. The van der Waals surface area contributed by atoms with Crippen molar-refractivity contribution in [1.29, 1.82) is 0 Å². The molecular formula is C27H32N4O4S2. The number of nitrogens with zero attached hydrogens (tertiary/aromatic N) is 4. The molecule has 0 saturated carbocycles. The summed E-state index contributed by atoms with van der Waals surface area (Å²) in [6.07, 6.45) is 9.04. The van der Waals surface area contributed by atoms with Crippen molar-refractivity contribution in [3.05, 3.63) is 70.2 Å². The highest BCUT2D eigenvalue weighted by atomic mass is 32.2. The highest BCUT2D eigenvalue weighted by Crippen LogP contribution is 2.54. The topological polar surface area (TPSA) is 106 Å². The van der Waals surface area contributed by atoms with Crippen LogP contribution in [0.15, 0.2) is 48.5 Å². The van der Waals surface area contributed by atoms with Gasteiger partial charge in [0.1, 0.15) is 11.3 Å². The molecule has 1 aliphatic rings. The third-order valence-corrected chi connectivity index (χ3v) is 8.44. The van der Waals surface area contributed by atoms with Crippen molar-refractivity contribution in [1.82, 2.24) is 19.9 Å². The van der Waals surface area contributed by atoms with Crippen molar-refractivity contribution in [3.8, 4) is 5.75 Å². The van der Waals surface area contributed by atoms with Gasteiger partial charge in [0.15, 0.2) is 0 Å². The van der Waals surface area contributed by atoms with Gasteiger partial charge < -0.3 is 14.7 Å². The van der Waals surface area contributed by atoms with E-state index in [1.54, 1.807) is 66.2 Å². The van der Waals surface area contributed by atoms with Crippen molar-refractivity contribution in [2.75, 3.05) is 19.1 Å². The van der Waals surface area contributed by atoms with Gasteiger partial charge in [-0.05, 0) is 48.0 Å². The smallest absolute Gasteiger partial charge is 0.329 e. The second-order valence-corrected chi connectivity index (χ2v) is 12.1. The van der Waals surface area contributed by atoms with Gasteiger partial charge in [0, 0.05) is 41.1 Å². The molecule has 2 aromatic heterocycles. The van der Waals surface area contributed by atoms with Crippen LogP contribution < -0.4 is 4.74 Å². The summed E-state index contributed by atoms with van der Waals surface area (Å²) in [6, 6.07) is 4.84. The molecular weight excluding hydrogens is 508 g/mol. The fraction of sp³-hybridized carbons (Fsp3) is 0.444. The maximum Gasteiger partial charge on any atom is 0.329 e. The Bertz CT molecular complexity index is 1250. The Morgan fingerprint density at radius 2 is 2.03 bits per heavy atom. The first kappa shape index (κ1) is 27.1. The second-order valence-electron chi connectivity index (χ2n) is 10.2. The Morgan fingerprint density at radius 1 is 1.24 bits per heavy atom. The van der Waals surface area contributed by atoms with Crippen LogP contribution in [0.5, 0.6) is 5.75 Å². The lowest BCUT2D eigenvalue weighted by Crippen LogP contribution is -2.54. The summed E-state index contributed by atoms with van der Waals surface area (Å²) in [7, 11) is 1.58. The van der Waals surface area contributed by atoms with Gasteiger partial charge in [-0.3, -0.25) is 19.7 Å². The van der Waals surface area contributed by atoms with Gasteiger partial charge in [0.05, 0.1) is 24.4 Å². The zero-order valence-corrected chi connectivity index (χ0v) is 23.3. The number of carbonyl (C=O) groups is 2. The number of thiazole rings is 1. The first-order valence-electron chi connectivity index (χ1n) is 12.0. The second kappa shape index (κ2) is 10.8. The Kier molecular flexibility index (Phi) is 7.89. The number of aromatic nitrogens is 3. The summed E-state index contributed by atoms with van der Waals surface area (Å²) in [5.74, 6) is -0.541. The van der Waals surface area contributed by atoms with Crippen molar-refractivity contribution < 1.29 is 19.4 Å². The third-order valence-electron chi connectivity index (χ3n) is 6.98. The minimum Gasteiger partial charge on any atom is -0.496 e. The predicted octanol–water partition coefficient (Wildman–Crippen LogP) is 5.19. The molecule has 4 rings (SSSR count). The van der Waals surface area contributed by atoms with Crippen LogP contribution in [0.2, 0.25) is 0 Å². The number of hydrogen-bond donors (Lipinski definition) is 1. The van der Waals surface area contributed by atoms with Crippen LogP contribution in [0.4, 0.5) is 0 Å². The van der Waals surface area contributed by atoms with Crippen molar-refractivity contribution in [2.45, 2.75) is 56.5 Å². The quantitative estimate of drug-likeness (QED) is 0.416. The SMILES string of the molecule is COc1cc(C(=O)N2[C@@H](c3cncs3)[C@@H](c3cnccn3)C[C@@]2(CCSC)C(=O)O)ccc1C(C)(C)C. The monoisotopic (exact) mass is 540 g/mol. The van der Waals surface area contributed by atoms with Crippen LogP contribution in [0, 0.1) is 0 Å². The van der Waals surface area contributed by atoms with Crippen molar-refractivity contribution in [3.63, 3.8) is 0 Å². The zero-order chi connectivity index (χ0) is 26.8. The molecule has 196 valence electrons. The van der Waals surface area contributed by atoms with E-state index in [9.17, 15) is 14.7 Å². The normalized spacial score (nSPS) is 21.7. The van der Waals surface area contributed by atoms with Gasteiger partial charge in [-0.15, -0.1) is 11.3 Å². The molecule has 10 heteroatoms. The number of thioether (sulfide) groups is 1. The number of carbonyl (C=O) groups excluding carboxylic acids is 1. The lowest BCUT2D eigenvalue weighted by Gasteiger charge is -2.38. The molecule has 1 N–H and O–H groups in total. The number of benzene rings is 1. The van der Waals surface area contributed by atoms with Crippen LogP contribution in [-0.2, 0) is 10.2 Å². The third kappa shape index (κ3) is 5.09. The fourth-order valence-corrected chi connectivity index (χ4v) is 6.50. The standard InChI is InChI=1S/C27H32N4O4S2/c1-26(2,3)19-7-6-17(12-21(19)35-4)24(32)31-23(22-15-29-16-37-22)18(20-14-28-9-10-30-20)13-27(31,25(33)34)8-11-36-5/h6-7,9-10,12,14-16,18,23H,8,11,13H2,1-5H3,(H,33,34)/t18-,23-,27+/m1/s1. The number of ether oxygens (including phenoxy) is 1. The minimum atomic E-state index is -1.42. The highest BCUT2D eigenvalue weighted by Gasteiger charge is 2.59. The lowest BCUT2D eigenvalue weighted by molar-refractivity contribution is -0.149. The molecule has 1 saturated heterocycles. The predicted molar refractivity (Wildman–Crippen MR) is 145 cm³/mol. The molecule has 0 bridgehead atoms. The Labute approximate surface area is 225 Å². The molecule has 3 aromatic rings. The van der Waals surface area contributed by atoms with Gasteiger partial charge in [0.25, 0.3) is 5.91 Å². The summed E-state index contributed by atoms with van der Waals surface area (Å²) < 4.78 is 5.66. The van der Waals surface area contributed by atoms with E-state index in [1.807, 2.05) is 12.3 Å². The molecule has 37 heavy (non-hydrogen) atoms. The van der Waals surface area contributed by atoms with E-state index >= 15 is 0 Å². The maximum atomic E-state index is 14.4. The molecule has 1 aromatic carbocycles. The first-order chi connectivity index (χ1) is 17.6. The molecule has 1 amide bonds. The van der Waals surface area contributed by atoms with Gasteiger partial charge in [0.2, 0.25) is 0 Å². The summed E-state index contributed by atoms with van der Waals surface area (Å²) in [6.45, 7) is 6.24. The number of rotatable bonds is 8. The zero-order valence-electron chi connectivity index (χ0n) is 21.7. The molecule has 8 nitrogen and oxygen atoms in total. The van der Waals surface area contributed by atoms with Crippen LogP contribution in [0.3, 0.4) is 0 Å². The highest BCUT2D eigenvalue weighted by molar-refractivity contribution is 7.98. The Balaban J connectivity index is 1.91. The van der Waals surface area contributed by atoms with E-state index in [0.29, 0.717) is 29.2 Å². The van der Waals surface area contributed by atoms with Gasteiger partial charge in [-0.25, -0.2) is 4.79 Å². The van der Waals surface area contributed by atoms with Crippen molar-refractivity contribution >= 4 is 35.0 Å². The summed E-state index contributed by atoms with van der Waals surface area (Å²) >= 11 is 2.97. The number of aliphatic carboxylic acids is 1. The number of hydrogen-bond acceptors (Lipinski definition) is 8. The summed E-state index contributed by atoms with van der Waals surface area (Å²) in [5, 5.41) is 10.7. The van der Waals surface area contributed by atoms with Crippen LogP contribution in [-0.4, -0.2) is 61.5 Å². The van der Waals surface area contributed by atoms with Gasteiger partial charge >= 0.3 is 5.97 Å². The molecule has 1 aliphatic heterocycles. The average Bonchev–Trinajstić information content (AvgIpc) is 3.53. The van der Waals surface area contributed by atoms with E-state index in [2.05, 4.69) is 35.7 Å². The minimum absolute atomic E-state index is 0.189. The summed E-state index contributed by atoms with van der Waals surface area (Å²) in [5.41, 5.74) is 2.10. The molecule has 1 fully saturated rings. The van der Waals surface area contributed by atoms with Gasteiger partial charge in [-0.2, -0.15) is 11.8 Å². The lowest BCUT2D eigenvalue weighted by atomic mass is 9.85. The van der Waals surface area contributed by atoms with Crippen LogP contribution >= 0.6 is 23.1 Å². The van der Waals surface area contributed by atoms with Crippen molar-refractivity contribution in [2.24, 2.45) is 0 Å². The fourth-order valence-electron chi connectivity index (χ4n) is 5.18. The van der Waals surface area contributed by atoms with E-state index in [4.69, 9.17) is 4.74 Å². The van der Waals surface area contributed by atoms with E-state index < -0.39 is 17.6 Å². The number of methoxy groups -OCH3 is 1. The van der Waals surface area contributed by atoms with Crippen LogP contribution in [0.1, 0.15) is 72.1 Å². The molecule has 3 atom stereocenters. The molecule has 3 heterocycles. The largest absolute Gasteiger partial charge is 0.496 e. The Hall–Kier alpha value is -2.98. The Morgan fingerprint density at radius 3 is 2.59 bits per heavy atom. The molecule has 0 unspecified atom stereocenters. The maximum absolute atomic E-state index is 14.4. The van der Waals surface area contributed by atoms with Gasteiger partial charge in [-0.1, -0.05) is 26.8 Å². The first-order valence-corrected chi connectivity index (χ1v) is 14.3. The van der Waals surface area contributed by atoms with E-state index in [-0.39, 0.29) is 23.7 Å². The van der Waals surface area contributed by atoms with E-state index in [1.165, 1.54) is 11.3 Å². The summed E-state index contributed by atoms with van der Waals surface area (Å²) in [4.78, 5) is 42.9. The number of carboxylic acid groups (broad SMARTS) is 1. The molecule has 0 spiro atoms. The van der Waals surface area contributed by atoms with E-state index in [0.717, 1.165) is 10.4 Å². The number of likely N-dealkylation sites (tertiary alicyclic amines) is 1.